The normalized spacial score (nSPS) is 12.1. The maximum atomic E-state index is 12.4. The number of ether oxygens (including phenoxy) is 1. The first-order chi connectivity index (χ1) is 11.2. The van der Waals surface area contributed by atoms with Crippen molar-refractivity contribution in [3.05, 3.63) is 65.9 Å². The second-order valence-electron chi connectivity index (χ2n) is 5.11. The molecule has 1 aromatic heterocycles. The first kappa shape index (κ1) is 15.1. The van der Waals surface area contributed by atoms with Crippen LogP contribution < -0.4 is 10.1 Å². The zero-order chi connectivity index (χ0) is 16.2. The molecule has 5 heteroatoms. The molecule has 0 unspecified atom stereocenters. The minimum Gasteiger partial charge on any atom is -0.493 e. The predicted molar refractivity (Wildman–Crippen MR) is 86.5 cm³/mol. The number of hydrogen-bond donors (Lipinski definition) is 2. The number of nitrogens with one attached hydrogen (secondary N) is 1. The number of hydrogen-bond acceptors (Lipinski definition) is 4. The van der Waals surface area contributed by atoms with E-state index in [4.69, 9.17) is 9.15 Å². The maximum Gasteiger partial charge on any atom is 0.287 e. The van der Waals surface area contributed by atoms with Crippen LogP contribution in [-0.2, 0) is 0 Å². The Kier molecular flexibility index (Phi) is 4.30. The number of furan rings is 1. The second kappa shape index (κ2) is 6.54. The van der Waals surface area contributed by atoms with E-state index in [9.17, 15) is 9.90 Å². The SMILES string of the molecule is COc1cccc2cc(C(=O)N[C@H](CO)c3ccccc3)oc12. The molecule has 5 nitrogen and oxygen atoms in total. The molecule has 0 spiro atoms. The molecule has 2 aromatic carbocycles. The summed E-state index contributed by atoms with van der Waals surface area (Å²) in [6.45, 7) is -0.195. The van der Waals surface area contributed by atoms with E-state index in [0.717, 1.165) is 10.9 Å². The van der Waals surface area contributed by atoms with Gasteiger partial charge in [0.05, 0.1) is 19.8 Å². The van der Waals surface area contributed by atoms with Gasteiger partial charge in [-0.2, -0.15) is 0 Å². The number of aliphatic hydroxyl groups excluding tert-OH is 1. The van der Waals surface area contributed by atoms with Crippen molar-refractivity contribution in [1.82, 2.24) is 5.32 Å². The first-order valence-electron chi connectivity index (χ1n) is 7.26. The van der Waals surface area contributed by atoms with Gasteiger partial charge >= 0.3 is 0 Å². The van der Waals surface area contributed by atoms with Crippen molar-refractivity contribution in [3.8, 4) is 5.75 Å². The molecule has 0 fully saturated rings. The molecule has 118 valence electrons. The Hall–Kier alpha value is -2.79. The summed E-state index contributed by atoms with van der Waals surface area (Å²) >= 11 is 0. The summed E-state index contributed by atoms with van der Waals surface area (Å²) in [5, 5.41) is 13.1. The van der Waals surface area contributed by atoms with Crippen LogP contribution in [0.25, 0.3) is 11.0 Å². The fraction of sp³-hybridized carbons (Fsp3) is 0.167. The van der Waals surface area contributed by atoms with Gasteiger partial charge in [-0.1, -0.05) is 42.5 Å². The van der Waals surface area contributed by atoms with E-state index in [-0.39, 0.29) is 18.3 Å². The zero-order valence-corrected chi connectivity index (χ0v) is 12.7. The molecule has 1 amide bonds. The number of carbonyl (C=O) groups is 1. The number of methoxy groups -OCH3 is 1. The molecule has 0 radical (unpaired) electrons. The Morgan fingerprint density at radius 1 is 1.22 bits per heavy atom. The van der Waals surface area contributed by atoms with Crippen molar-refractivity contribution in [2.75, 3.05) is 13.7 Å². The molecular formula is C18H17NO4. The van der Waals surface area contributed by atoms with Gasteiger partial charge in [0.15, 0.2) is 17.1 Å². The topological polar surface area (TPSA) is 71.7 Å². The van der Waals surface area contributed by atoms with E-state index in [1.54, 1.807) is 19.2 Å². The van der Waals surface area contributed by atoms with E-state index in [2.05, 4.69) is 5.32 Å². The Morgan fingerprint density at radius 2 is 2.00 bits per heavy atom. The Bertz CT molecular complexity index is 810. The average Bonchev–Trinajstić information content (AvgIpc) is 3.04. The highest BCUT2D eigenvalue weighted by atomic mass is 16.5. The van der Waals surface area contributed by atoms with E-state index in [0.29, 0.717) is 11.3 Å². The lowest BCUT2D eigenvalue weighted by Crippen LogP contribution is -2.30. The third kappa shape index (κ3) is 3.05. The first-order valence-corrected chi connectivity index (χ1v) is 7.26. The molecule has 0 bridgehead atoms. The third-order valence-corrected chi connectivity index (χ3v) is 3.64. The summed E-state index contributed by atoms with van der Waals surface area (Å²) < 4.78 is 10.8. The summed E-state index contributed by atoms with van der Waals surface area (Å²) in [5.41, 5.74) is 1.36. The van der Waals surface area contributed by atoms with Crippen molar-refractivity contribution >= 4 is 16.9 Å². The van der Waals surface area contributed by atoms with Gasteiger partial charge in [0.2, 0.25) is 0 Å². The molecule has 0 aliphatic carbocycles. The van der Waals surface area contributed by atoms with E-state index >= 15 is 0 Å². The number of benzene rings is 2. The highest BCUT2D eigenvalue weighted by molar-refractivity contribution is 5.97. The highest BCUT2D eigenvalue weighted by Gasteiger charge is 2.19. The summed E-state index contributed by atoms with van der Waals surface area (Å²) in [6, 6.07) is 15.9. The number of fused-ring (bicyclic) bond motifs is 1. The Morgan fingerprint density at radius 3 is 2.70 bits per heavy atom. The number of aliphatic hydroxyl groups is 1. The van der Waals surface area contributed by atoms with E-state index < -0.39 is 6.04 Å². The van der Waals surface area contributed by atoms with Crippen molar-refractivity contribution in [3.63, 3.8) is 0 Å². The Labute approximate surface area is 133 Å². The van der Waals surface area contributed by atoms with Gasteiger partial charge in [0, 0.05) is 5.39 Å². The molecule has 2 N–H and O–H groups in total. The molecule has 1 heterocycles. The van der Waals surface area contributed by atoms with Gasteiger partial charge in [0.25, 0.3) is 5.91 Å². The molecule has 0 saturated carbocycles. The van der Waals surface area contributed by atoms with Gasteiger partial charge in [-0.05, 0) is 17.7 Å². The molecular weight excluding hydrogens is 294 g/mol. The fourth-order valence-electron chi connectivity index (χ4n) is 2.46. The fourth-order valence-corrected chi connectivity index (χ4v) is 2.46. The predicted octanol–water partition coefficient (Wildman–Crippen LogP) is 2.90. The van der Waals surface area contributed by atoms with E-state index in [1.165, 1.54) is 0 Å². The summed E-state index contributed by atoms with van der Waals surface area (Å²) in [5.74, 6) is 0.369. The summed E-state index contributed by atoms with van der Waals surface area (Å²) in [6.07, 6.45) is 0. The molecule has 23 heavy (non-hydrogen) atoms. The van der Waals surface area contributed by atoms with Crippen LogP contribution in [0.15, 0.2) is 59.0 Å². The number of rotatable bonds is 5. The largest absolute Gasteiger partial charge is 0.493 e. The van der Waals surface area contributed by atoms with Gasteiger partial charge in [-0.15, -0.1) is 0 Å². The number of para-hydroxylation sites is 1. The lowest BCUT2D eigenvalue weighted by molar-refractivity contribution is 0.0890. The Balaban J connectivity index is 1.85. The second-order valence-corrected chi connectivity index (χ2v) is 5.11. The van der Waals surface area contributed by atoms with Crippen LogP contribution in [0.2, 0.25) is 0 Å². The van der Waals surface area contributed by atoms with Crippen LogP contribution in [0, 0.1) is 0 Å². The third-order valence-electron chi connectivity index (χ3n) is 3.64. The highest BCUT2D eigenvalue weighted by Crippen LogP contribution is 2.28. The number of amides is 1. The molecule has 0 aliphatic rings. The van der Waals surface area contributed by atoms with Gasteiger partial charge < -0.3 is 19.6 Å². The van der Waals surface area contributed by atoms with Crippen LogP contribution in [0.1, 0.15) is 22.2 Å². The standard InChI is InChI=1S/C18H17NO4/c1-22-15-9-5-8-13-10-16(23-17(13)15)18(21)19-14(11-20)12-6-3-2-4-7-12/h2-10,14,20H,11H2,1H3,(H,19,21)/t14-/m1/s1. The van der Waals surface area contributed by atoms with Gasteiger partial charge in [-0.3, -0.25) is 4.79 Å². The van der Waals surface area contributed by atoms with Crippen LogP contribution in [0.5, 0.6) is 5.75 Å². The minimum atomic E-state index is -0.487. The molecule has 3 rings (SSSR count). The molecule has 0 saturated heterocycles. The van der Waals surface area contributed by atoms with Crippen LogP contribution in [0.3, 0.4) is 0 Å². The smallest absolute Gasteiger partial charge is 0.287 e. The van der Waals surface area contributed by atoms with Crippen LogP contribution in [0.4, 0.5) is 0 Å². The lowest BCUT2D eigenvalue weighted by atomic mass is 10.1. The molecule has 0 aliphatic heterocycles. The maximum absolute atomic E-state index is 12.4. The van der Waals surface area contributed by atoms with Crippen molar-refractivity contribution in [1.29, 1.82) is 0 Å². The number of carbonyl (C=O) groups excluding carboxylic acids is 1. The van der Waals surface area contributed by atoms with Crippen molar-refractivity contribution < 1.29 is 19.1 Å². The van der Waals surface area contributed by atoms with Crippen molar-refractivity contribution in [2.45, 2.75) is 6.04 Å². The van der Waals surface area contributed by atoms with Crippen LogP contribution >= 0.6 is 0 Å². The quantitative estimate of drug-likeness (QED) is 0.760. The minimum absolute atomic E-state index is 0.180. The summed E-state index contributed by atoms with van der Waals surface area (Å²) in [4.78, 5) is 12.4. The molecule has 1 atom stereocenters. The van der Waals surface area contributed by atoms with Crippen molar-refractivity contribution in [2.24, 2.45) is 0 Å². The van der Waals surface area contributed by atoms with Gasteiger partial charge in [0.1, 0.15) is 0 Å². The zero-order valence-electron chi connectivity index (χ0n) is 12.7. The summed E-state index contributed by atoms with van der Waals surface area (Å²) in [7, 11) is 1.55. The van der Waals surface area contributed by atoms with Gasteiger partial charge in [-0.25, -0.2) is 0 Å². The van der Waals surface area contributed by atoms with E-state index in [1.807, 2.05) is 42.5 Å². The lowest BCUT2D eigenvalue weighted by Gasteiger charge is -2.15. The average molecular weight is 311 g/mol. The van der Waals surface area contributed by atoms with Crippen LogP contribution in [-0.4, -0.2) is 24.7 Å². The monoisotopic (exact) mass is 311 g/mol. The molecule has 3 aromatic rings.